The molecule has 0 fully saturated rings. The Morgan fingerprint density at radius 2 is 1.61 bits per heavy atom. The highest BCUT2D eigenvalue weighted by atomic mass is 16.6. The van der Waals surface area contributed by atoms with Gasteiger partial charge in [0.1, 0.15) is 0 Å². The second-order valence-corrected chi connectivity index (χ2v) is 6.61. The average Bonchev–Trinajstić information content (AvgIpc) is 2.66. The molecule has 5 heteroatoms. The molecule has 1 N–H and O–H groups in total. The van der Waals surface area contributed by atoms with E-state index in [1.807, 2.05) is 62.4 Å². The zero-order valence-corrected chi connectivity index (χ0v) is 15.7. The first-order chi connectivity index (χ1) is 13.4. The summed E-state index contributed by atoms with van der Waals surface area (Å²) in [5.41, 5.74) is 4.55. The van der Waals surface area contributed by atoms with Crippen molar-refractivity contribution < 1.29 is 9.72 Å². The number of aryl methyl sites for hydroxylation is 2. The van der Waals surface area contributed by atoms with Gasteiger partial charge in [-0.15, -0.1) is 0 Å². The van der Waals surface area contributed by atoms with Crippen molar-refractivity contribution in [2.24, 2.45) is 0 Å². The van der Waals surface area contributed by atoms with E-state index in [-0.39, 0.29) is 11.6 Å². The third-order valence-corrected chi connectivity index (χ3v) is 4.20. The van der Waals surface area contributed by atoms with Crippen molar-refractivity contribution in [3.8, 4) is 0 Å². The number of nitrogens with zero attached hydrogens (tertiary/aromatic N) is 1. The Morgan fingerprint density at radius 1 is 0.929 bits per heavy atom. The molecule has 0 aromatic heterocycles. The van der Waals surface area contributed by atoms with Gasteiger partial charge in [-0.05, 0) is 54.3 Å². The summed E-state index contributed by atoms with van der Waals surface area (Å²) in [6, 6.07) is 21.3. The second kappa shape index (κ2) is 8.31. The molecule has 140 valence electrons. The number of benzene rings is 3. The predicted molar refractivity (Wildman–Crippen MR) is 112 cm³/mol. The summed E-state index contributed by atoms with van der Waals surface area (Å²) in [6.45, 7) is 3.94. The molecule has 0 saturated heterocycles. The van der Waals surface area contributed by atoms with Crippen LogP contribution in [-0.4, -0.2) is 10.8 Å². The molecule has 0 saturated carbocycles. The first-order valence-electron chi connectivity index (χ1n) is 8.83. The maximum Gasteiger partial charge on any atom is 0.270 e. The molecule has 0 aliphatic heterocycles. The molecule has 0 aliphatic carbocycles. The Kier molecular flexibility index (Phi) is 5.65. The lowest BCUT2D eigenvalue weighted by atomic mass is 10.0. The van der Waals surface area contributed by atoms with Gasteiger partial charge in [0.05, 0.1) is 4.92 Å². The second-order valence-electron chi connectivity index (χ2n) is 6.61. The number of nitro benzene ring substituents is 1. The van der Waals surface area contributed by atoms with Crippen molar-refractivity contribution in [3.05, 3.63) is 105 Å². The number of amides is 1. The van der Waals surface area contributed by atoms with Gasteiger partial charge in [-0.25, -0.2) is 0 Å². The fourth-order valence-corrected chi connectivity index (χ4v) is 3.04. The Labute approximate surface area is 163 Å². The van der Waals surface area contributed by atoms with E-state index >= 15 is 0 Å². The molecular formula is C23H20N2O3. The topological polar surface area (TPSA) is 72.2 Å². The van der Waals surface area contributed by atoms with Crippen LogP contribution in [0.3, 0.4) is 0 Å². The van der Waals surface area contributed by atoms with Crippen LogP contribution in [0.25, 0.3) is 11.6 Å². The summed E-state index contributed by atoms with van der Waals surface area (Å²) in [7, 11) is 0. The van der Waals surface area contributed by atoms with E-state index in [1.165, 1.54) is 12.1 Å². The van der Waals surface area contributed by atoms with E-state index < -0.39 is 4.92 Å². The molecule has 3 rings (SSSR count). The Balaban J connectivity index is 2.01. The first-order valence-corrected chi connectivity index (χ1v) is 8.83. The maximum absolute atomic E-state index is 13.0. The summed E-state index contributed by atoms with van der Waals surface area (Å²) >= 11 is 0. The molecule has 3 aromatic rings. The summed E-state index contributed by atoms with van der Waals surface area (Å²) in [5, 5.41) is 14.0. The average molecular weight is 372 g/mol. The summed E-state index contributed by atoms with van der Waals surface area (Å²) < 4.78 is 0. The third-order valence-electron chi connectivity index (χ3n) is 4.20. The van der Waals surface area contributed by atoms with Gasteiger partial charge in [-0.3, -0.25) is 14.9 Å². The smallest absolute Gasteiger partial charge is 0.270 e. The van der Waals surface area contributed by atoms with E-state index in [1.54, 1.807) is 18.2 Å². The normalized spacial score (nSPS) is 11.1. The monoisotopic (exact) mass is 372 g/mol. The molecule has 0 radical (unpaired) electrons. The lowest BCUT2D eigenvalue weighted by molar-refractivity contribution is -0.384. The van der Waals surface area contributed by atoms with Gasteiger partial charge < -0.3 is 5.32 Å². The third kappa shape index (κ3) is 4.71. The molecule has 0 atom stereocenters. The fraction of sp³-hybridized carbons (Fsp3) is 0.0870. The lowest BCUT2D eigenvalue weighted by Gasteiger charge is -2.11. The molecule has 3 aromatic carbocycles. The summed E-state index contributed by atoms with van der Waals surface area (Å²) in [5.74, 6) is -0.275. The lowest BCUT2D eigenvalue weighted by Crippen LogP contribution is -2.14. The zero-order chi connectivity index (χ0) is 20.1. The van der Waals surface area contributed by atoms with E-state index in [0.29, 0.717) is 16.8 Å². The number of rotatable bonds is 5. The van der Waals surface area contributed by atoms with Crippen molar-refractivity contribution in [1.29, 1.82) is 0 Å². The highest BCUT2D eigenvalue weighted by Gasteiger charge is 2.14. The molecular weight excluding hydrogens is 352 g/mol. The van der Waals surface area contributed by atoms with Crippen LogP contribution in [0.1, 0.15) is 22.3 Å². The Hall–Kier alpha value is -3.73. The number of carbonyl (C=O) groups is 1. The van der Waals surface area contributed by atoms with E-state index in [2.05, 4.69) is 5.32 Å². The van der Waals surface area contributed by atoms with Crippen LogP contribution in [-0.2, 0) is 4.79 Å². The van der Waals surface area contributed by atoms with Gasteiger partial charge in [0.15, 0.2) is 0 Å². The standard InChI is InChI=1S/C23H20N2O3/c1-16-11-17(2)13-20(12-16)24-23(26)22(19-8-4-3-5-9-19)15-18-7-6-10-21(14-18)25(27)28/h3-15H,1-2H3,(H,24,26)/b22-15+. The molecule has 0 bridgehead atoms. The van der Waals surface area contributed by atoms with Gasteiger partial charge in [0, 0.05) is 23.4 Å². The number of non-ortho nitro benzene ring substituents is 1. The number of nitrogens with one attached hydrogen (secondary N) is 1. The first kappa shape index (κ1) is 19.0. The number of anilines is 1. The quantitative estimate of drug-likeness (QED) is 0.282. The number of carbonyl (C=O) groups excluding carboxylic acids is 1. The molecule has 0 aliphatic rings. The van der Waals surface area contributed by atoms with Crippen molar-refractivity contribution in [3.63, 3.8) is 0 Å². The van der Waals surface area contributed by atoms with Crippen molar-refractivity contribution in [1.82, 2.24) is 0 Å². The van der Waals surface area contributed by atoms with Crippen molar-refractivity contribution in [2.45, 2.75) is 13.8 Å². The highest BCUT2D eigenvalue weighted by molar-refractivity contribution is 6.29. The van der Waals surface area contributed by atoms with Gasteiger partial charge in [-0.1, -0.05) is 48.5 Å². The summed E-state index contributed by atoms with van der Waals surface area (Å²) in [6.07, 6.45) is 1.67. The molecule has 0 unspecified atom stereocenters. The molecule has 1 amide bonds. The van der Waals surface area contributed by atoms with Crippen LogP contribution < -0.4 is 5.32 Å². The van der Waals surface area contributed by atoms with Crippen LogP contribution >= 0.6 is 0 Å². The number of hydrogen-bond donors (Lipinski definition) is 1. The largest absolute Gasteiger partial charge is 0.322 e. The van der Waals surface area contributed by atoms with Gasteiger partial charge in [0.2, 0.25) is 0 Å². The SMILES string of the molecule is Cc1cc(C)cc(NC(=O)/C(=C/c2cccc([N+](=O)[O-])c2)c2ccccc2)c1. The molecule has 5 nitrogen and oxygen atoms in total. The van der Waals surface area contributed by atoms with Crippen LogP contribution in [0, 0.1) is 24.0 Å². The van der Waals surface area contributed by atoms with Gasteiger partial charge in [0.25, 0.3) is 11.6 Å². The van der Waals surface area contributed by atoms with Crippen molar-refractivity contribution in [2.75, 3.05) is 5.32 Å². The Bertz CT molecular complexity index is 1040. The molecule has 0 heterocycles. The molecule has 0 spiro atoms. The Morgan fingerprint density at radius 3 is 2.25 bits per heavy atom. The minimum Gasteiger partial charge on any atom is -0.322 e. The van der Waals surface area contributed by atoms with E-state index in [9.17, 15) is 14.9 Å². The zero-order valence-electron chi connectivity index (χ0n) is 15.7. The highest BCUT2D eigenvalue weighted by Crippen LogP contribution is 2.23. The van der Waals surface area contributed by atoms with E-state index in [4.69, 9.17) is 0 Å². The van der Waals surface area contributed by atoms with Crippen molar-refractivity contribution >= 4 is 28.9 Å². The number of nitro groups is 1. The minimum atomic E-state index is -0.449. The molecule has 28 heavy (non-hydrogen) atoms. The van der Waals surface area contributed by atoms with Gasteiger partial charge >= 0.3 is 0 Å². The summed E-state index contributed by atoms with van der Waals surface area (Å²) in [4.78, 5) is 23.6. The van der Waals surface area contributed by atoms with E-state index in [0.717, 1.165) is 16.7 Å². The van der Waals surface area contributed by atoms with Crippen LogP contribution in [0.4, 0.5) is 11.4 Å². The number of hydrogen-bond acceptors (Lipinski definition) is 3. The van der Waals surface area contributed by atoms with Gasteiger partial charge in [-0.2, -0.15) is 0 Å². The van der Waals surface area contributed by atoms with Crippen LogP contribution in [0.15, 0.2) is 72.8 Å². The minimum absolute atomic E-state index is 0.0177. The van der Waals surface area contributed by atoms with Crippen LogP contribution in [0.5, 0.6) is 0 Å². The predicted octanol–water partition coefficient (Wildman–Crippen LogP) is 5.39. The fourth-order valence-electron chi connectivity index (χ4n) is 3.04. The van der Waals surface area contributed by atoms with Crippen LogP contribution in [0.2, 0.25) is 0 Å². The maximum atomic E-state index is 13.0.